The third-order valence-electron chi connectivity index (χ3n) is 3.73. The standard InChI is InChI=1S/C17H22F3NO3/c1-16(2,3)24-15(23)10-21-9-13(22)8-14(21)11-5-4-6-12(7-11)17(18,19)20/h4-7,13-14,22H,8-10H2,1-3H3. The lowest BCUT2D eigenvalue weighted by Crippen LogP contribution is -2.35. The summed E-state index contributed by atoms with van der Waals surface area (Å²) >= 11 is 0. The fourth-order valence-electron chi connectivity index (χ4n) is 2.86. The molecule has 4 nitrogen and oxygen atoms in total. The first kappa shape index (κ1) is 18.7. The number of halogens is 3. The number of likely N-dealkylation sites (tertiary alicyclic amines) is 1. The van der Waals surface area contributed by atoms with Gasteiger partial charge in [0.15, 0.2) is 0 Å². The lowest BCUT2D eigenvalue weighted by atomic mass is 10.0. The van der Waals surface area contributed by atoms with Gasteiger partial charge in [0.25, 0.3) is 0 Å². The van der Waals surface area contributed by atoms with E-state index < -0.39 is 35.5 Å². The van der Waals surface area contributed by atoms with Crippen molar-refractivity contribution in [3.05, 3.63) is 35.4 Å². The molecule has 0 radical (unpaired) electrons. The number of aliphatic hydroxyl groups is 1. The predicted molar refractivity (Wildman–Crippen MR) is 82.2 cm³/mol. The van der Waals surface area contributed by atoms with Crippen molar-refractivity contribution in [1.82, 2.24) is 4.90 Å². The van der Waals surface area contributed by atoms with Gasteiger partial charge < -0.3 is 9.84 Å². The topological polar surface area (TPSA) is 49.8 Å². The maximum atomic E-state index is 12.9. The third-order valence-corrected chi connectivity index (χ3v) is 3.73. The zero-order chi connectivity index (χ0) is 18.1. The summed E-state index contributed by atoms with van der Waals surface area (Å²) < 4.78 is 43.9. The molecule has 2 unspecified atom stereocenters. The SMILES string of the molecule is CC(C)(C)OC(=O)CN1CC(O)CC1c1cccc(C(F)(F)F)c1. The maximum absolute atomic E-state index is 12.9. The Morgan fingerprint density at radius 3 is 2.58 bits per heavy atom. The predicted octanol–water partition coefficient (Wildman–Crippen LogP) is 3.15. The fourth-order valence-corrected chi connectivity index (χ4v) is 2.86. The summed E-state index contributed by atoms with van der Waals surface area (Å²) in [6, 6.07) is 4.56. The molecule has 2 atom stereocenters. The van der Waals surface area contributed by atoms with Crippen molar-refractivity contribution in [1.29, 1.82) is 0 Å². The Bertz CT molecular complexity index is 595. The molecule has 0 aromatic heterocycles. The molecule has 1 aromatic rings. The molecule has 1 aliphatic rings. The molecule has 1 aliphatic heterocycles. The molecule has 0 saturated carbocycles. The zero-order valence-electron chi connectivity index (χ0n) is 13.9. The van der Waals surface area contributed by atoms with Crippen molar-refractivity contribution in [2.75, 3.05) is 13.1 Å². The van der Waals surface area contributed by atoms with E-state index in [0.29, 0.717) is 5.56 Å². The van der Waals surface area contributed by atoms with Crippen LogP contribution in [0.25, 0.3) is 0 Å². The first-order valence-corrected chi connectivity index (χ1v) is 7.77. The Labute approximate surface area is 139 Å². The van der Waals surface area contributed by atoms with Crippen LogP contribution in [0.5, 0.6) is 0 Å². The molecule has 1 heterocycles. The lowest BCUT2D eigenvalue weighted by molar-refractivity contribution is -0.156. The zero-order valence-corrected chi connectivity index (χ0v) is 13.9. The number of aliphatic hydroxyl groups excluding tert-OH is 1. The third kappa shape index (κ3) is 4.95. The molecule has 1 fully saturated rings. The van der Waals surface area contributed by atoms with Gasteiger partial charge in [-0.1, -0.05) is 12.1 Å². The van der Waals surface area contributed by atoms with Gasteiger partial charge in [-0.15, -0.1) is 0 Å². The molecular formula is C17H22F3NO3. The minimum Gasteiger partial charge on any atom is -0.459 e. The Hall–Kier alpha value is -1.60. The van der Waals surface area contributed by atoms with Crippen LogP contribution < -0.4 is 0 Å². The summed E-state index contributed by atoms with van der Waals surface area (Å²) in [6.45, 7) is 5.38. The molecule has 134 valence electrons. The molecule has 1 aromatic carbocycles. The second kappa shape index (κ2) is 6.72. The highest BCUT2D eigenvalue weighted by Gasteiger charge is 2.36. The Kier molecular flexibility index (Phi) is 5.25. The molecule has 7 heteroatoms. The van der Waals surface area contributed by atoms with Crippen molar-refractivity contribution in [3.8, 4) is 0 Å². The quantitative estimate of drug-likeness (QED) is 0.855. The number of nitrogens with zero attached hydrogens (tertiary/aromatic N) is 1. The van der Waals surface area contributed by atoms with Crippen LogP contribution in [0, 0.1) is 0 Å². The minimum absolute atomic E-state index is 0.0742. The van der Waals surface area contributed by atoms with E-state index in [9.17, 15) is 23.1 Å². The van der Waals surface area contributed by atoms with E-state index in [1.807, 2.05) is 0 Å². The van der Waals surface area contributed by atoms with Gasteiger partial charge >= 0.3 is 12.1 Å². The molecule has 0 aliphatic carbocycles. The van der Waals surface area contributed by atoms with Crippen molar-refractivity contribution >= 4 is 5.97 Å². The van der Waals surface area contributed by atoms with Crippen molar-refractivity contribution in [2.45, 2.75) is 51.1 Å². The van der Waals surface area contributed by atoms with E-state index in [2.05, 4.69) is 0 Å². The second-order valence-corrected chi connectivity index (χ2v) is 7.04. The molecule has 1 saturated heterocycles. The Morgan fingerprint density at radius 2 is 2.00 bits per heavy atom. The van der Waals surface area contributed by atoms with E-state index in [4.69, 9.17) is 4.74 Å². The van der Waals surface area contributed by atoms with Crippen molar-refractivity contribution < 1.29 is 27.8 Å². The highest BCUT2D eigenvalue weighted by atomic mass is 19.4. The van der Waals surface area contributed by atoms with E-state index in [1.54, 1.807) is 31.7 Å². The van der Waals surface area contributed by atoms with E-state index in [0.717, 1.165) is 12.1 Å². The van der Waals surface area contributed by atoms with E-state index in [1.165, 1.54) is 6.07 Å². The van der Waals surface area contributed by atoms with Crippen LogP contribution in [0.15, 0.2) is 24.3 Å². The smallest absolute Gasteiger partial charge is 0.416 e. The van der Waals surface area contributed by atoms with Crippen LogP contribution in [-0.4, -0.2) is 40.8 Å². The summed E-state index contributed by atoms with van der Waals surface area (Å²) in [5, 5.41) is 9.89. The summed E-state index contributed by atoms with van der Waals surface area (Å²) in [5.41, 5.74) is -0.940. The number of carbonyl (C=O) groups excluding carboxylic acids is 1. The van der Waals surface area contributed by atoms with Gasteiger partial charge in [-0.3, -0.25) is 9.69 Å². The van der Waals surface area contributed by atoms with Crippen molar-refractivity contribution in [3.63, 3.8) is 0 Å². The summed E-state index contributed by atoms with van der Waals surface area (Å²) in [6.07, 6.45) is -4.83. The number of β-amino-alcohol motifs (C(OH)–C–C–N with tert-alkyl or cyclic N) is 1. The summed E-state index contributed by atoms with van der Waals surface area (Å²) in [5.74, 6) is -0.464. The largest absolute Gasteiger partial charge is 0.459 e. The van der Waals surface area contributed by atoms with Crippen molar-refractivity contribution in [2.24, 2.45) is 0 Å². The monoisotopic (exact) mass is 345 g/mol. The van der Waals surface area contributed by atoms with Gasteiger partial charge in [0, 0.05) is 12.6 Å². The summed E-state index contributed by atoms with van der Waals surface area (Å²) in [4.78, 5) is 13.7. The van der Waals surface area contributed by atoms with Crippen LogP contribution in [0.3, 0.4) is 0 Å². The maximum Gasteiger partial charge on any atom is 0.416 e. The average molecular weight is 345 g/mol. The number of esters is 1. The van der Waals surface area contributed by atoms with Gasteiger partial charge in [0.2, 0.25) is 0 Å². The molecule has 0 amide bonds. The van der Waals surface area contributed by atoms with Gasteiger partial charge in [-0.2, -0.15) is 13.2 Å². The number of ether oxygens (including phenoxy) is 1. The molecule has 0 bridgehead atoms. The van der Waals surface area contributed by atoms with Crippen LogP contribution in [0.1, 0.15) is 44.4 Å². The highest BCUT2D eigenvalue weighted by Crippen LogP contribution is 2.36. The Morgan fingerprint density at radius 1 is 1.33 bits per heavy atom. The molecule has 24 heavy (non-hydrogen) atoms. The fraction of sp³-hybridized carbons (Fsp3) is 0.588. The number of rotatable bonds is 3. The van der Waals surface area contributed by atoms with Crippen LogP contribution in [0.4, 0.5) is 13.2 Å². The number of hydrogen-bond donors (Lipinski definition) is 1. The minimum atomic E-state index is -4.43. The van der Waals surface area contributed by atoms with Crippen LogP contribution in [-0.2, 0) is 15.7 Å². The number of alkyl halides is 3. The summed E-state index contributed by atoms with van der Waals surface area (Å²) in [7, 11) is 0. The van der Waals surface area contributed by atoms with Crippen LogP contribution >= 0.6 is 0 Å². The average Bonchev–Trinajstić information content (AvgIpc) is 2.76. The van der Waals surface area contributed by atoms with Gasteiger partial charge in [0.1, 0.15) is 5.60 Å². The van der Waals surface area contributed by atoms with Gasteiger partial charge in [-0.05, 0) is 44.9 Å². The highest BCUT2D eigenvalue weighted by molar-refractivity contribution is 5.72. The number of benzene rings is 1. The second-order valence-electron chi connectivity index (χ2n) is 7.04. The van der Waals surface area contributed by atoms with Gasteiger partial charge in [-0.25, -0.2) is 0 Å². The molecular weight excluding hydrogens is 323 g/mol. The molecule has 0 spiro atoms. The first-order chi connectivity index (χ1) is 11.0. The normalized spacial score (nSPS) is 22.6. The van der Waals surface area contributed by atoms with E-state index >= 15 is 0 Å². The molecule has 2 rings (SSSR count). The first-order valence-electron chi connectivity index (χ1n) is 7.77. The van der Waals surface area contributed by atoms with Crippen LogP contribution in [0.2, 0.25) is 0 Å². The Balaban J connectivity index is 2.17. The molecule has 1 N–H and O–H groups in total. The van der Waals surface area contributed by atoms with Gasteiger partial charge in [0.05, 0.1) is 18.2 Å². The number of carbonyl (C=O) groups is 1. The lowest BCUT2D eigenvalue weighted by Gasteiger charge is -2.26. The number of hydrogen-bond acceptors (Lipinski definition) is 4. The van der Waals surface area contributed by atoms with E-state index in [-0.39, 0.29) is 19.5 Å².